The second-order valence-corrected chi connectivity index (χ2v) is 11.3. The average Bonchev–Trinajstić information content (AvgIpc) is 3.23. The van der Waals surface area contributed by atoms with Gasteiger partial charge in [-0.05, 0) is 81.5 Å². The largest absolute Gasteiger partial charge is 0.507 e. The molecule has 2 atom stereocenters. The smallest absolute Gasteiger partial charge is 0.308 e. The highest BCUT2D eigenvalue weighted by Crippen LogP contribution is 2.38. The zero-order chi connectivity index (χ0) is 27.6. The number of phenols is 1. The maximum Gasteiger partial charge on any atom is 0.308 e. The van der Waals surface area contributed by atoms with Crippen LogP contribution in [0.5, 0.6) is 5.75 Å². The molecule has 1 aliphatic carbocycles. The van der Waals surface area contributed by atoms with E-state index in [1.807, 2.05) is 37.5 Å². The van der Waals surface area contributed by atoms with Crippen LogP contribution in [0.15, 0.2) is 42.7 Å². The second kappa shape index (κ2) is 11.3. The van der Waals surface area contributed by atoms with Gasteiger partial charge in [-0.1, -0.05) is 12.1 Å². The molecule has 0 spiro atoms. The number of anilines is 3. The van der Waals surface area contributed by atoms with E-state index in [1.54, 1.807) is 12.1 Å². The van der Waals surface area contributed by atoms with Crippen LogP contribution in [0.2, 0.25) is 0 Å². The minimum atomic E-state index is -0.0397. The fraction of sp³-hybridized carbons (Fsp3) is 0.500. The van der Waals surface area contributed by atoms with Gasteiger partial charge in [0, 0.05) is 43.1 Å². The Balaban J connectivity index is 1.10. The van der Waals surface area contributed by atoms with E-state index in [1.165, 1.54) is 0 Å². The van der Waals surface area contributed by atoms with Gasteiger partial charge < -0.3 is 25.4 Å². The van der Waals surface area contributed by atoms with E-state index in [4.69, 9.17) is 20.4 Å². The molecule has 10 heteroatoms. The van der Waals surface area contributed by atoms with Gasteiger partial charge in [0.05, 0.1) is 23.9 Å². The van der Waals surface area contributed by atoms with Gasteiger partial charge in [0.15, 0.2) is 5.82 Å². The number of hydrogen-bond acceptors (Lipinski definition) is 10. The third-order valence-electron chi connectivity index (χ3n) is 8.72. The molecule has 2 bridgehead atoms. The number of phenolic OH excluding ortho intramolecular Hbond substituents is 1. The predicted molar refractivity (Wildman–Crippen MR) is 153 cm³/mol. The van der Waals surface area contributed by atoms with Crippen molar-refractivity contribution in [2.45, 2.75) is 64.0 Å². The summed E-state index contributed by atoms with van der Waals surface area (Å²) in [6.07, 6.45) is 10.9. The zero-order valence-corrected chi connectivity index (χ0v) is 22.9. The van der Waals surface area contributed by atoms with E-state index in [9.17, 15) is 9.90 Å². The highest BCUT2D eigenvalue weighted by molar-refractivity contribution is 5.74. The number of nitrogen functional groups attached to an aromatic ring is 1. The quantitative estimate of drug-likeness (QED) is 0.422. The SMILES string of the molecule is CCOC(=O)[C@H]1CC[C@H](Cc2cnc(N3C4CCC3CN(c3cc(-c5ccccc5O)nnc3N)C4)nc2)CC1. The van der Waals surface area contributed by atoms with E-state index in [0.717, 1.165) is 75.2 Å². The molecular weight excluding hydrogens is 506 g/mol. The highest BCUT2D eigenvalue weighted by atomic mass is 16.5. The number of fused-ring (bicyclic) bond motifs is 2. The van der Waals surface area contributed by atoms with Gasteiger partial charge in [-0.25, -0.2) is 9.97 Å². The molecule has 3 fully saturated rings. The van der Waals surface area contributed by atoms with Gasteiger partial charge in [-0.3, -0.25) is 4.79 Å². The number of ether oxygens (including phenoxy) is 1. The Hall–Kier alpha value is -3.95. The van der Waals surface area contributed by atoms with Crippen molar-refractivity contribution in [3.8, 4) is 17.0 Å². The first-order chi connectivity index (χ1) is 19.5. The third-order valence-corrected chi connectivity index (χ3v) is 8.72. The van der Waals surface area contributed by atoms with Crippen LogP contribution in [0, 0.1) is 11.8 Å². The molecule has 0 amide bonds. The lowest BCUT2D eigenvalue weighted by atomic mass is 9.79. The van der Waals surface area contributed by atoms with Crippen LogP contribution >= 0.6 is 0 Å². The van der Waals surface area contributed by atoms with Gasteiger partial charge >= 0.3 is 5.97 Å². The lowest BCUT2D eigenvalue weighted by Crippen LogP contribution is -2.54. The van der Waals surface area contributed by atoms with E-state index < -0.39 is 0 Å². The van der Waals surface area contributed by atoms with Gasteiger partial charge in [0.25, 0.3) is 0 Å². The van der Waals surface area contributed by atoms with Crippen molar-refractivity contribution in [3.63, 3.8) is 0 Å². The number of carbonyl (C=O) groups excluding carboxylic acids is 1. The number of aromatic nitrogens is 4. The Bertz CT molecular complexity index is 1330. The number of piperazine rings is 1. The first kappa shape index (κ1) is 26.3. The fourth-order valence-electron chi connectivity index (χ4n) is 6.68. The summed E-state index contributed by atoms with van der Waals surface area (Å²) in [7, 11) is 0. The molecule has 2 aliphatic heterocycles. The monoisotopic (exact) mass is 543 g/mol. The molecule has 4 heterocycles. The summed E-state index contributed by atoms with van der Waals surface area (Å²) in [4.78, 5) is 26.3. The minimum Gasteiger partial charge on any atom is -0.507 e. The molecule has 210 valence electrons. The molecule has 6 rings (SSSR count). The molecular formula is C30H37N7O3. The molecule has 40 heavy (non-hydrogen) atoms. The summed E-state index contributed by atoms with van der Waals surface area (Å²) in [5, 5.41) is 18.7. The van der Waals surface area contributed by atoms with E-state index in [2.05, 4.69) is 20.0 Å². The molecule has 2 saturated heterocycles. The maximum absolute atomic E-state index is 12.0. The number of para-hydroxylation sites is 1. The number of rotatable bonds is 7. The molecule has 1 aromatic carbocycles. The van der Waals surface area contributed by atoms with Gasteiger partial charge in [0.2, 0.25) is 5.95 Å². The Morgan fingerprint density at radius 1 is 1.02 bits per heavy atom. The van der Waals surface area contributed by atoms with Crippen LogP contribution in [0.25, 0.3) is 11.3 Å². The second-order valence-electron chi connectivity index (χ2n) is 11.3. The van der Waals surface area contributed by atoms with Crippen LogP contribution in [0.3, 0.4) is 0 Å². The first-order valence-corrected chi connectivity index (χ1v) is 14.4. The van der Waals surface area contributed by atoms with Crippen molar-refractivity contribution >= 4 is 23.4 Å². The van der Waals surface area contributed by atoms with Crippen molar-refractivity contribution in [2.24, 2.45) is 11.8 Å². The number of hydrogen-bond donors (Lipinski definition) is 2. The summed E-state index contributed by atoms with van der Waals surface area (Å²) in [5.74, 6) is 1.92. The van der Waals surface area contributed by atoms with E-state index in [0.29, 0.717) is 29.6 Å². The van der Waals surface area contributed by atoms with Gasteiger partial charge in [-0.15, -0.1) is 10.2 Å². The standard InChI is InChI=1S/C30H37N7O3/c1-2-40-29(39)21-9-7-19(8-10-21)13-20-15-32-30(33-16-20)37-22-11-12-23(37)18-36(17-22)26-14-25(34-35-28(26)31)24-5-3-4-6-27(24)38/h3-6,14-16,19,21-23,38H,2,7-13,17-18H2,1H3,(H2,31,35)/t19-,21-,22?,23?. The van der Waals surface area contributed by atoms with E-state index >= 15 is 0 Å². The van der Waals surface area contributed by atoms with Crippen LogP contribution < -0.4 is 15.5 Å². The van der Waals surface area contributed by atoms with E-state index in [-0.39, 0.29) is 29.7 Å². The summed E-state index contributed by atoms with van der Waals surface area (Å²) < 4.78 is 5.21. The van der Waals surface area contributed by atoms with Crippen LogP contribution in [0.1, 0.15) is 51.0 Å². The first-order valence-electron chi connectivity index (χ1n) is 14.4. The topological polar surface area (TPSA) is 131 Å². The molecule has 2 aromatic heterocycles. The fourth-order valence-corrected chi connectivity index (χ4v) is 6.68. The number of nitrogens with two attached hydrogens (primary N) is 1. The predicted octanol–water partition coefficient (Wildman–Crippen LogP) is 3.99. The normalized spacial score (nSPS) is 24.2. The van der Waals surface area contributed by atoms with Crippen molar-refractivity contribution in [1.29, 1.82) is 0 Å². The van der Waals surface area contributed by atoms with Crippen molar-refractivity contribution in [1.82, 2.24) is 20.2 Å². The lowest BCUT2D eigenvalue weighted by Gasteiger charge is -2.42. The zero-order valence-electron chi connectivity index (χ0n) is 22.9. The number of benzene rings is 1. The summed E-state index contributed by atoms with van der Waals surface area (Å²) in [5.41, 5.74) is 9.52. The summed E-state index contributed by atoms with van der Waals surface area (Å²) in [6, 6.07) is 9.62. The van der Waals surface area contributed by atoms with Crippen LogP contribution in [-0.2, 0) is 16.0 Å². The van der Waals surface area contributed by atoms with Crippen molar-refractivity contribution < 1.29 is 14.6 Å². The summed E-state index contributed by atoms with van der Waals surface area (Å²) >= 11 is 0. The Kier molecular flexibility index (Phi) is 7.40. The van der Waals surface area contributed by atoms with Crippen LogP contribution in [0.4, 0.5) is 17.5 Å². The van der Waals surface area contributed by atoms with Crippen molar-refractivity contribution in [2.75, 3.05) is 35.2 Å². The maximum atomic E-state index is 12.0. The molecule has 10 nitrogen and oxygen atoms in total. The van der Waals surface area contributed by atoms with Crippen molar-refractivity contribution in [3.05, 3.63) is 48.3 Å². The Morgan fingerprint density at radius 3 is 2.40 bits per heavy atom. The molecule has 3 aliphatic rings. The number of nitrogens with zero attached hydrogens (tertiary/aromatic N) is 6. The molecule has 0 radical (unpaired) electrons. The number of esters is 1. The van der Waals surface area contributed by atoms with Crippen LogP contribution in [-0.4, -0.2) is 63.0 Å². The Morgan fingerprint density at radius 2 is 1.73 bits per heavy atom. The van der Waals surface area contributed by atoms with Gasteiger partial charge in [-0.2, -0.15) is 0 Å². The molecule has 2 unspecified atom stereocenters. The lowest BCUT2D eigenvalue weighted by molar-refractivity contribution is -0.149. The molecule has 3 N–H and O–H groups in total. The number of carbonyl (C=O) groups is 1. The van der Waals surface area contributed by atoms with Gasteiger partial charge in [0.1, 0.15) is 5.75 Å². The third kappa shape index (κ3) is 5.26. The number of aromatic hydroxyl groups is 1. The summed E-state index contributed by atoms with van der Waals surface area (Å²) in [6.45, 7) is 3.90. The minimum absolute atomic E-state index is 0.0397. The molecule has 1 saturated carbocycles. The average molecular weight is 544 g/mol. The Labute approximate surface area is 234 Å². The molecule has 3 aromatic rings. The highest BCUT2D eigenvalue weighted by Gasteiger charge is 2.42.